The zero-order valence-electron chi connectivity index (χ0n) is 18.8. The van der Waals surface area contributed by atoms with E-state index in [-0.39, 0.29) is 23.1 Å². The Bertz CT molecular complexity index is 1100. The van der Waals surface area contributed by atoms with Gasteiger partial charge in [-0.3, -0.25) is 4.79 Å². The van der Waals surface area contributed by atoms with Crippen molar-refractivity contribution in [2.24, 2.45) is 16.8 Å². The fraction of sp³-hybridized carbons (Fsp3) is 0.417. The van der Waals surface area contributed by atoms with Crippen LogP contribution in [0.5, 0.6) is 0 Å². The molecule has 0 aliphatic carbocycles. The van der Waals surface area contributed by atoms with Crippen LogP contribution >= 0.6 is 20.3 Å². The van der Waals surface area contributed by atoms with Gasteiger partial charge in [-0.1, -0.05) is 39.8 Å². The van der Waals surface area contributed by atoms with E-state index in [2.05, 4.69) is 5.10 Å². The number of nitrogens with two attached hydrogens (primary N) is 1. The van der Waals surface area contributed by atoms with Gasteiger partial charge < -0.3 is 10.5 Å². The molecule has 5 nitrogen and oxygen atoms in total. The van der Waals surface area contributed by atoms with Crippen molar-refractivity contribution in [1.29, 1.82) is 0 Å². The molecule has 2 unspecified atom stereocenters. The molecule has 1 spiro atoms. The van der Waals surface area contributed by atoms with Gasteiger partial charge >= 0.3 is 0 Å². The second kappa shape index (κ2) is 10.8. The third kappa shape index (κ3) is 4.76. The SMILES string of the molecule is CCCCOCC(=O)N1N=C(c2cc(F)ccc2F)SC12c1cc(F)ccc1PC[C@@H]2CCN. The van der Waals surface area contributed by atoms with Crippen molar-refractivity contribution in [1.82, 2.24) is 5.01 Å². The molecule has 2 aliphatic rings. The summed E-state index contributed by atoms with van der Waals surface area (Å²) in [4.78, 5) is 12.3. The minimum atomic E-state index is -1.12. The van der Waals surface area contributed by atoms with E-state index in [1.165, 1.54) is 17.1 Å². The molecule has 34 heavy (non-hydrogen) atoms. The second-order valence-electron chi connectivity index (χ2n) is 8.28. The number of nitrogens with zero attached hydrogens (tertiary/aromatic N) is 2. The number of hydrazone groups is 1. The van der Waals surface area contributed by atoms with Gasteiger partial charge in [0.2, 0.25) is 0 Å². The number of halogens is 3. The highest BCUT2D eigenvalue weighted by molar-refractivity contribution is 8.15. The average molecular weight is 510 g/mol. The topological polar surface area (TPSA) is 67.9 Å². The molecule has 182 valence electrons. The number of hydrogen-bond acceptors (Lipinski definition) is 5. The summed E-state index contributed by atoms with van der Waals surface area (Å²) in [5, 5.41) is 6.91. The minimum Gasteiger partial charge on any atom is -0.372 e. The first-order chi connectivity index (χ1) is 16.4. The van der Waals surface area contributed by atoms with Gasteiger partial charge in [0, 0.05) is 23.7 Å². The van der Waals surface area contributed by atoms with Crippen molar-refractivity contribution in [3.8, 4) is 0 Å². The largest absolute Gasteiger partial charge is 0.372 e. The Morgan fingerprint density at radius 3 is 2.79 bits per heavy atom. The van der Waals surface area contributed by atoms with E-state index in [0.717, 1.165) is 54.3 Å². The highest BCUT2D eigenvalue weighted by atomic mass is 32.2. The zero-order valence-corrected chi connectivity index (χ0v) is 20.6. The number of thioether (sulfide) groups is 1. The van der Waals surface area contributed by atoms with Crippen molar-refractivity contribution < 1.29 is 22.7 Å². The molecule has 0 saturated carbocycles. The van der Waals surface area contributed by atoms with E-state index in [1.807, 2.05) is 6.92 Å². The second-order valence-corrected chi connectivity index (χ2v) is 10.8. The van der Waals surface area contributed by atoms with Gasteiger partial charge in [-0.15, -0.1) is 0 Å². The molecule has 1 amide bonds. The van der Waals surface area contributed by atoms with Crippen LogP contribution < -0.4 is 11.0 Å². The Labute approximate surface area is 203 Å². The van der Waals surface area contributed by atoms with E-state index in [4.69, 9.17) is 10.5 Å². The molecule has 3 atom stereocenters. The molecule has 2 aromatic rings. The highest BCUT2D eigenvalue weighted by Gasteiger charge is 2.56. The molecule has 4 rings (SSSR count). The molecule has 0 saturated heterocycles. The number of benzene rings is 2. The molecule has 2 aliphatic heterocycles. The summed E-state index contributed by atoms with van der Waals surface area (Å²) in [7, 11) is 0.409. The number of carbonyl (C=O) groups excluding carboxylic acids is 1. The van der Waals surface area contributed by atoms with Crippen LogP contribution in [0, 0.1) is 23.4 Å². The van der Waals surface area contributed by atoms with E-state index in [0.29, 0.717) is 33.7 Å². The van der Waals surface area contributed by atoms with Gasteiger partial charge in [0.25, 0.3) is 5.91 Å². The Balaban J connectivity index is 1.83. The van der Waals surface area contributed by atoms with Crippen LogP contribution in [0.2, 0.25) is 0 Å². The predicted molar refractivity (Wildman–Crippen MR) is 131 cm³/mol. The molecule has 0 bridgehead atoms. The molecule has 0 radical (unpaired) electrons. The lowest BCUT2D eigenvalue weighted by Gasteiger charge is -2.45. The van der Waals surface area contributed by atoms with E-state index < -0.39 is 28.2 Å². The number of hydrogen-bond donors (Lipinski definition) is 1. The Hall–Kier alpha value is -1.93. The van der Waals surface area contributed by atoms with Gasteiger partial charge in [0.1, 0.15) is 34.0 Å². The maximum atomic E-state index is 14.7. The third-order valence-electron chi connectivity index (χ3n) is 6.00. The standard InChI is InChI=1S/C24H27F3N3O2PS/c1-2-3-10-32-13-22(31)30-24(34-23(29-30)18-11-16(25)4-6-20(18)27)15(8-9-28)14-33-21-7-5-17(26)12-19(21)24/h4-7,11-12,15,33H,2-3,8-10,13-14,28H2,1H3/t15-,24?/m0/s1. The Kier molecular flexibility index (Phi) is 7.97. The molecule has 0 fully saturated rings. The number of amides is 1. The molecule has 10 heteroatoms. The fourth-order valence-corrected chi connectivity index (χ4v) is 7.76. The van der Waals surface area contributed by atoms with Crippen LogP contribution in [0.1, 0.15) is 37.3 Å². The average Bonchev–Trinajstić information content (AvgIpc) is 3.22. The Morgan fingerprint density at radius 2 is 2.03 bits per heavy atom. The summed E-state index contributed by atoms with van der Waals surface area (Å²) in [5.41, 5.74) is 6.51. The first kappa shape index (κ1) is 25.2. The smallest absolute Gasteiger partial charge is 0.270 e. The molecule has 2 aromatic carbocycles. The first-order valence-corrected chi connectivity index (χ1v) is 13.3. The van der Waals surface area contributed by atoms with Crippen molar-refractivity contribution in [3.05, 3.63) is 65.0 Å². The van der Waals surface area contributed by atoms with Crippen molar-refractivity contribution in [3.63, 3.8) is 0 Å². The van der Waals surface area contributed by atoms with Crippen LogP contribution in [0.3, 0.4) is 0 Å². The maximum absolute atomic E-state index is 14.7. The maximum Gasteiger partial charge on any atom is 0.270 e. The summed E-state index contributed by atoms with van der Waals surface area (Å²) < 4.78 is 48.8. The number of rotatable bonds is 8. The predicted octanol–water partition coefficient (Wildman–Crippen LogP) is 4.29. The molecular weight excluding hydrogens is 482 g/mol. The first-order valence-electron chi connectivity index (χ1n) is 11.3. The quantitative estimate of drug-likeness (QED) is 0.426. The molecule has 2 heterocycles. The van der Waals surface area contributed by atoms with Crippen LogP contribution in [-0.2, 0) is 14.4 Å². The Morgan fingerprint density at radius 1 is 1.26 bits per heavy atom. The van der Waals surface area contributed by atoms with Crippen LogP contribution in [-0.4, -0.2) is 41.9 Å². The van der Waals surface area contributed by atoms with Crippen LogP contribution in [0.25, 0.3) is 0 Å². The van der Waals surface area contributed by atoms with E-state index in [1.54, 1.807) is 6.07 Å². The number of fused-ring (bicyclic) bond motifs is 2. The van der Waals surface area contributed by atoms with E-state index >= 15 is 0 Å². The molecular formula is C24H27F3N3O2PS. The monoisotopic (exact) mass is 509 g/mol. The molecule has 0 aromatic heterocycles. The third-order valence-corrected chi connectivity index (χ3v) is 9.04. The van der Waals surface area contributed by atoms with Crippen molar-refractivity contribution >= 4 is 36.6 Å². The lowest BCUT2D eigenvalue weighted by atomic mass is 9.89. The lowest BCUT2D eigenvalue weighted by Crippen LogP contribution is -2.53. The number of unbranched alkanes of at least 4 members (excludes halogenated alkanes) is 1. The molecule has 2 N–H and O–H groups in total. The summed E-state index contributed by atoms with van der Waals surface area (Å²) in [6.45, 7) is 2.59. The summed E-state index contributed by atoms with van der Waals surface area (Å²) in [6, 6.07) is 7.68. The van der Waals surface area contributed by atoms with Crippen molar-refractivity contribution in [2.75, 3.05) is 25.9 Å². The van der Waals surface area contributed by atoms with Gasteiger partial charge in [0.05, 0.1) is 0 Å². The van der Waals surface area contributed by atoms with Crippen molar-refractivity contribution in [2.45, 2.75) is 31.1 Å². The van der Waals surface area contributed by atoms with Crippen LogP contribution in [0.4, 0.5) is 13.2 Å². The summed E-state index contributed by atoms with van der Waals surface area (Å²) in [6.07, 6.45) is 3.01. The number of ether oxygens (including phenoxy) is 1. The van der Waals surface area contributed by atoms with E-state index in [9.17, 15) is 18.0 Å². The minimum absolute atomic E-state index is 0.0379. The highest BCUT2D eigenvalue weighted by Crippen LogP contribution is 2.57. The lowest BCUT2D eigenvalue weighted by molar-refractivity contribution is -0.141. The van der Waals surface area contributed by atoms with Gasteiger partial charge in [-0.05, 0) is 61.2 Å². The zero-order chi connectivity index (χ0) is 24.3. The van der Waals surface area contributed by atoms with Gasteiger partial charge in [-0.2, -0.15) is 5.10 Å². The van der Waals surface area contributed by atoms with Gasteiger partial charge in [-0.25, -0.2) is 18.2 Å². The number of carbonyl (C=O) groups is 1. The van der Waals surface area contributed by atoms with Crippen LogP contribution in [0.15, 0.2) is 41.5 Å². The van der Waals surface area contributed by atoms with Gasteiger partial charge in [0.15, 0.2) is 0 Å². The fourth-order valence-electron chi connectivity index (χ4n) is 4.34. The summed E-state index contributed by atoms with van der Waals surface area (Å²) in [5.74, 6) is -2.28. The summed E-state index contributed by atoms with van der Waals surface area (Å²) >= 11 is 1.16. The normalized spacial score (nSPS) is 22.3.